The van der Waals surface area contributed by atoms with E-state index >= 15 is 0 Å². The molecule has 0 aliphatic carbocycles. The first-order chi connectivity index (χ1) is 16.2. The summed E-state index contributed by atoms with van der Waals surface area (Å²) in [5, 5.41) is 14.4. The number of nitrogens with one attached hydrogen (secondary N) is 1. The van der Waals surface area contributed by atoms with Crippen molar-refractivity contribution in [3.63, 3.8) is 0 Å². The molecule has 1 N–H and O–H groups in total. The van der Waals surface area contributed by atoms with Gasteiger partial charge in [0.2, 0.25) is 5.91 Å². The highest BCUT2D eigenvalue weighted by atomic mass is 32.2. The van der Waals surface area contributed by atoms with E-state index in [1.165, 1.54) is 23.1 Å². The van der Waals surface area contributed by atoms with E-state index < -0.39 is 5.97 Å². The molecule has 9 heteroatoms. The molecule has 0 saturated heterocycles. The summed E-state index contributed by atoms with van der Waals surface area (Å²) in [4.78, 5) is 24.7. The minimum atomic E-state index is -0.448. The van der Waals surface area contributed by atoms with Crippen molar-refractivity contribution in [2.75, 3.05) is 17.7 Å². The quantitative estimate of drug-likeness (QED) is 0.274. The first-order valence-electron chi connectivity index (χ1n) is 10.4. The number of thiophene rings is 1. The number of carbonyl (C=O) groups is 2. The van der Waals surface area contributed by atoms with Crippen LogP contribution in [0.15, 0.2) is 77.3 Å². The number of amides is 1. The third kappa shape index (κ3) is 5.68. The highest BCUT2D eigenvalue weighted by Gasteiger charge is 2.19. The van der Waals surface area contributed by atoms with Crippen LogP contribution in [0.1, 0.15) is 28.7 Å². The number of rotatable bonds is 9. The van der Waals surface area contributed by atoms with Gasteiger partial charge in [0.1, 0.15) is 10.8 Å². The van der Waals surface area contributed by atoms with Gasteiger partial charge in [-0.3, -0.25) is 9.36 Å². The predicted octanol–water partition coefficient (Wildman–Crippen LogP) is 4.83. The van der Waals surface area contributed by atoms with Gasteiger partial charge in [-0.25, -0.2) is 4.79 Å². The van der Waals surface area contributed by atoms with Crippen LogP contribution in [0.4, 0.5) is 5.00 Å². The summed E-state index contributed by atoms with van der Waals surface area (Å²) in [7, 11) is 0. The van der Waals surface area contributed by atoms with Gasteiger partial charge in [-0.2, -0.15) is 0 Å². The van der Waals surface area contributed by atoms with Crippen LogP contribution in [0.3, 0.4) is 0 Å². The highest BCUT2D eigenvalue weighted by molar-refractivity contribution is 7.99. The Hall–Kier alpha value is -3.43. The average Bonchev–Trinajstić information content (AvgIpc) is 3.46. The van der Waals surface area contributed by atoms with Crippen molar-refractivity contribution in [2.45, 2.75) is 18.5 Å². The van der Waals surface area contributed by atoms with E-state index in [0.717, 1.165) is 17.1 Å². The molecular weight excluding hydrogens is 456 g/mol. The maximum absolute atomic E-state index is 12.6. The first kappa shape index (κ1) is 22.8. The zero-order valence-electron chi connectivity index (χ0n) is 17.9. The number of thioether (sulfide) groups is 1. The number of ether oxygens (including phenoxy) is 1. The molecule has 0 spiro atoms. The molecule has 1 amide bonds. The molecule has 0 aliphatic rings. The standard InChI is InChI=1S/C24H22N4O3S2/c1-2-31-23(30)19-13-14-32-22(19)25-21(29)16-33-24-27-26-20(15-17-9-5-3-6-10-17)28(24)18-11-7-4-8-12-18/h3-14H,2,15-16H2,1H3,(H,25,29). The van der Waals surface area contributed by atoms with Crippen molar-refractivity contribution < 1.29 is 14.3 Å². The maximum atomic E-state index is 12.6. The van der Waals surface area contributed by atoms with Gasteiger partial charge in [-0.15, -0.1) is 21.5 Å². The fourth-order valence-electron chi connectivity index (χ4n) is 3.19. The summed E-state index contributed by atoms with van der Waals surface area (Å²) in [6.45, 7) is 2.02. The molecule has 4 rings (SSSR count). The SMILES string of the molecule is CCOC(=O)c1ccsc1NC(=O)CSc1nnc(Cc2ccccc2)n1-c1ccccc1. The zero-order chi connectivity index (χ0) is 23.0. The number of esters is 1. The normalized spacial score (nSPS) is 10.7. The molecule has 7 nitrogen and oxygen atoms in total. The predicted molar refractivity (Wildman–Crippen MR) is 130 cm³/mol. The highest BCUT2D eigenvalue weighted by Crippen LogP contribution is 2.26. The second-order valence-corrected chi connectivity index (χ2v) is 8.81. The molecule has 0 atom stereocenters. The lowest BCUT2D eigenvalue weighted by Crippen LogP contribution is -2.16. The van der Waals surface area contributed by atoms with Gasteiger partial charge in [-0.05, 0) is 36.1 Å². The molecule has 0 saturated carbocycles. The number of hydrogen-bond donors (Lipinski definition) is 1. The number of hydrogen-bond acceptors (Lipinski definition) is 7. The van der Waals surface area contributed by atoms with E-state index in [2.05, 4.69) is 15.5 Å². The number of carbonyl (C=O) groups excluding carboxylic acids is 2. The number of aromatic nitrogens is 3. The number of benzene rings is 2. The van der Waals surface area contributed by atoms with Crippen LogP contribution in [-0.4, -0.2) is 39.0 Å². The van der Waals surface area contributed by atoms with Gasteiger partial charge in [0.15, 0.2) is 5.16 Å². The van der Waals surface area contributed by atoms with Crippen molar-refractivity contribution in [1.82, 2.24) is 14.8 Å². The minimum absolute atomic E-state index is 0.121. The van der Waals surface area contributed by atoms with Crippen LogP contribution >= 0.6 is 23.1 Å². The van der Waals surface area contributed by atoms with E-state index in [0.29, 0.717) is 22.1 Å². The largest absolute Gasteiger partial charge is 0.462 e. The molecule has 168 valence electrons. The first-order valence-corrected chi connectivity index (χ1v) is 12.2. The monoisotopic (exact) mass is 478 g/mol. The van der Waals surface area contributed by atoms with E-state index in [-0.39, 0.29) is 18.3 Å². The molecule has 0 unspecified atom stereocenters. The fraction of sp³-hybridized carbons (Fsp3) is 0.167. The van der Waals surface area contributed by atoms with Crippen LogP contribution < -0.4 is 5.32 Å². The second kappa shape index (κ2) is 10.9. The zero-order valence-corrected chi connectivity index (χ0v) is 19.6. The Morgan fingerprint density at radius 1 is 1.03 bits per heavy atom. The summed E-state index contributed by atoms with van der Waals surface area (Å²) < 4.78 is 7.02. The summed E-state index contributed by atoms with van der Waals surface area (Å²) in [5.41, 5.74) is 2.41. The Bertz CT molecular complexity index is 1220. The van der Waals surface area contributed by atoms with E-state index in [1.807, 2.05) is 65.2 Å². The summed E-state index contributed by atoms with van der Waals surface area (Å²) >= 11 is 2.58. The van der Waals surface area contributed by atoms with Crippen LogP contribution in [0.2, 0.25) is 0 Å². The van der Waals surface area contributed by atoms with Crippen molar-refractivity contribution >= 4 is 40.0 Å². The molecule has 4 aromatic rings. The maximum Gasteiger partial charge on any atom is 0.341 e. The third-order valence-corrected chi connectivity index (χ3v) is 6.42. The smallest absolute Gasteiger partial charge is 0.341 e. The molecule has 0 bridgehead atoms. The molecule has 2 aromatic carbocycles. The average molecular weight is 479 g/mol. The van der Waals surface area contributed by atoms with Crippen molar-refractivity contribution in [3.05, 3.63) is 89.1 Å². The van der Waals surface area contributed by atoms with Crippen molar-refractivity contribution in [3.8, 4) is 5.69 Å². The van der Waals surface area contributed by atoms with Gasteiger partial charge in [0.05, 0.1) is 17.9 Å². The molecule has 2 heterocycles. The lowest BCUT2D eigenvalue weighted by molar-refractivity contribution is -0.113. The summed E-state index contributed by atoms with van der Waals surface area (Å²) in [5.74, 6) is 0.227. The van der Waals surface area contributed by atoms with Gasteiger partial charge >= 0.3 is 5.97 Å². The second-order valence-electron chi connectivity index (χ2n) is 6.95. The Labute approximate surface area is 199 Å². The van der Waals surface area contributed by atoms with E-state index in [9.17, 15) is 9.59 Å². The molecule has 2 aromatic heterocycles. The third-order valence-electron chi connectivity index (χ3n) is 4.67. The van der Waals surface area contributed by atoms with E-state index in [4.69, 9.17) is 4.74 Å². The van der Waals surface area contributed by atoms with Gasteiger partial charge in [0, 0.05) is 12.1 Å². The molecule has 33 heavy (non-hydrogen) atoms. The van der Waals surface area contributed by atoms with Gasteiger partial charge in [-0.1, -0.05) is 60.3 Å². The van der Waals surface area contributed by atoms with Crippen LogP contribution in [0.5, 0.6) is 0 Å². The molecule has 0 aliphatic heterocycles. The molecule has 0 radical (unpaired) electrons. The van der Waals surface area contributed by atoms with E-state index in [1.54, 1.807) is 18.4 Å². The number of anilines is 1. The topological polar surface area (TPSA) is 86.1 Å². The lowest BCUT2D eigenvalue weighted by atomic mass is 10.1. The van der Waals surface area contributed by atoms with Crippen LogP contribution in [0.25, 0.3) is 5.69 Å². The Morgan fingerprint density at radius 3 is 2.48 bits per heavy atom. The Kier molecular flexibility index (Phi) is 7.54. The van der Waals surface area contributed by atoms with Crippen LogP contribution in [-0.2, 0) is 16.0 Å². The Balaban J connectivity index is 1.50. The summed E-state index contributed by atoms with van der Waals surface area (Å²) in [6, 6.07) is 21.5. The van der Waals surface area contributed by atoms with Crippen LogP contribution in [0, 0.1) is 0 Å². The summed E-state index contributed by atoms with van der Waals surface area (Å²) in [6.07, 6.45) is 0.619. The molecule has 0 fully saturated rings. The number of nitrogens with zero attached hydrogens (tertiary/aromatic N) is 3. The van der Waals surface area contributed by atoms with Gasteiger partial charge < -0.3 is 10.1 Å². The fourth-order valence-corrected chi connectivity index (χ4v) is 4.75. The minimum Gasteiger partial charge on any atom is -0.462 e. The Morgan fingerprint density at radius 2 is 1.76 bits per heavy atom. The van der Waals surface area contributed by atoms with Crippen molar-refractivity contribution in [2.24, 2.45) is 0 Å². The van der Waals surface area contributed by atoms with Gasteiger partial charge in [0.25, 0.3) is 0 Å². The number of para-hydroxylation sites is 1. The lowest BCUT2D eigenvalue weighted by Gasteiger charge is -2.10. The van der Waals surface area contributed by atoms with Crippen molar-refractivity contribution in [1.29, 1.82) is 0 Å². The molecular formula is C24H22N4O3S2.